The molecule has 0 radical (unpaired) electrons. The molecule has 0 unspecified atom stereocenters. The van der Waals surface area contributed by atoms with E-state index in [0.717, 1.165) is 5.56 Å². The van der Waals surface area contributed by atoms with E-state index in [0.29, 0.717) is 17.7 Å². The van der Waals surface area contributed by atoms with Gasteiger partial charge < -0.3 is 10.6 Å². The Morgan fingerprint density at radius 3 is 2.55 bits per heavy atom. The number of benzene rings is 2. The van der Waals surface area contributed by atoms with E-state index in [1.807, 2.05) is 49.5 Å². The van der Waals surface area contributed by atoms with Gasteiger partial charge in [0.25, 0.3) is 5.91 Å². The van der Waals surface area contributed by atoms with E-state index in [2.05, 4.69) is 5.32 Å². The number of likely N-dealkylation sites (tertiary alicyclic amines) is 1. The summed E-state index contributed by atoms with van der Waals surface area (Å²) in [5, 5.41) is 4.66. The molecule has 3 aliphatic heterocycles. The number of halogens is 1. The second kappa shape index (κ2) is 6.99. The summed E-state index contributed by atoms with van der Waals surface area (Å²) in [6.07, 6.45) is 0.554. The van der Waals surface area contributed by atoms with Crippen molar-refractivity contribution in [1.29, 1.82) is 0 Å². The Morgan fingerprint density at radius 1 is 1.10 bits per heavy atom. The zero-order valence-electron chi connectivity index (χ0n) is 17.5. The molecule has 0 aliphatic carbocycles. The van der Waals surface area contributed by atoms with Gasteiger partial charge in [-0.2, -0.15) is 0 Å². The van der Waals surface area contributed by atoms with Crippen molar-refractivity contribution >= 4 is 23.4 Å². The Kier molecular flexibility index (Phi) is 4.48. The van der Waals surface area contributed by atoms with Gasteiger partial charge in [-0.05, 0) is 30.2 Å². The number of nitrogens with one attached hydrogen (secondary N) is 1. The molecule has 0 saturated carbocycles. The minimum atomic E-state index is -1.31. The van der Waals surface area contributed by atoms with Gasteiger partial charge in [-0.25, -0.2) is 4.39 Å². The van der Waals surface area contributed by atoms with Crippen LogP contribution in [0.3, 0.4) is 0 Å². The lowest BCUT2D eigenvalue weighted by molar-refractivity contribution is -0.738. The maximum absolute atomic E-state index is 14.2. The molecular formula is C24H25FN3O3+. The van der Waals surface area contributed by atoms with E-state index in [1.54, 1.807) is 0 Å². The summed E-state index contributed by atoms with van der Waals surface area (Å²) in [7, 11) is 0. The minimum Gasteiger partial charge on any atom is -0.326 e. The van der Waals surface area contributed by atoms with Crippen LogP contribution in [0.2, 0.25) is 0 Å². The van der Waals surface area contributed by atoms with Crippen LogP contribution < -0.4 is 10.6 Å². The van der Waals surface area contributed by atoms with Gasteiger partial charge in [-0.15, -0.1) is 0 Å². The lowest BCUT2D eigenvalue weighted by atomic mass is 9.76. The predicted octanol–water partition coefficient (Wildman–Crippen LogP) is 1.42. The van der Waals surface area contributed by atoms with Crippen molar-refractivity contribution in [3.63, 3.8) is 0 Å². The maximum atomic E-state index is 14.2. The third-order valence-electron chi connectivity index (χ3n) is 7.09. The number of hydrogen-bond acceptors (Lipinski definition) is 3. The molecule has 7 heteroatoms. The van der Waals surface area contributed by atoms with Crippen LogP contribution in [0.5, 0.6) is 0 Å². The Labute approximate surface area is 179 Å². The van der Waals surface area contributed by atoms with Crippen LogP contribution in [0.4, 0.5) is 10.1 Å². The molecule has 3 N–H and O–H groups in total. The van der Waals surface area contributed by atoms with Crippen molar-refractivity contribution in [3.05, 3.63) is 65.5 Å². The van der Waals surface area contributed by atoms with Gasteiger partial charge >= 0.3 is 0 Å². The number of amides is 3. The Balaban J connectivity index is 1.55. The summed E-state index contributed by atoms with van der Waals surface area (Å²) in [5.74, 6) is -2.77. The molecule has 4 atom stereocenters. The van der Waals surface area contributed by atoms with Crippen LogP contribution in [-0.4, -0.2) is 35.2 Å². The fraction of sp³-hybridized carbons (Fsp3) is 0.375. The average Bonchev–Trinajstić information content (AvgIpc) is 3.33. The number of hydrogen-bond donors (Lipinski definition) is 2. The van der Waals surface area contributed by atoms with Crippen molar-refractivity contribution in [2.45, 2.75) is 31.8 Å². The second-order valence-corrected chi connectivity index (χ2v) is 9.07. The second-order valence-electron chi connectivity index (χ2n) is 9.07. The summed E-state index contributed by atoms with van der Waals surface area (Å²) >= 11 is 0. The van der Waals surface area contributed by atoms with E-state index < -0.39 is 23.2 Å². The number of rotatable bonds is 4. The average molecular weight is 422 g/mol. The van der Waals surface area contributed by atoms with Crippen LogP contribution in [0.15, 0.2) is 48.5 Å². The first-order valence-corrected chi connectivity index (χ1v) is 10.7. The molecule has 3 amide bonds. The summed E-state index contributed by atoms with van der Waals surface area (Å²) in [4.78, 5) is 41.6. The van der Waals surface area contributed by atoms with Gasteiger partial charge in [0.15, 0.2) is 0 Å². The molecule has 1 spiro atoms. The predicted molar refractivity (Wildman–Crippen MR) is 111 cm³/mol. The van der Waals surface area contributed by atoms with Gasteiger partial charge in [0.2, 0.25) is 17.4 Å². The number of nitrogens with two attached hydrogens (primary N) is 1. The SMILES string of the molecule is CC(C)[C@@H]1[NH2+][C@@]2(C(=O)Nc3ccc(F)cc32)[C@@H]2C(=O)N(CCc3ccccc3)C(=O)[C@@H]21. The molecule has 0 bridgehead atoms. The van der Waals surface area contributed by atoms with Crippen LogP contribution in [0.25, 0.3) is 0 Å². The highest BCUT2D eigenvalue weighted by atomic mass is 19.1. The molecule has 2 fully saturated rings. The van der Waals surface area contributed by atoms with Crippen molar-refractivity contribution in [3.8, 4) is 0 Å². The van der Waals surface area contributed by atoms with Gasteiger partial charge in [-0.3, -0.25) is 19.3 Å². The first kappa shape index (κ1) is 19.9. The first-order valence-electron chi connectivity index (χ1n) is 10.7. The number of anilines is 1. The first-order chi connectivity index (χ1) is 14.8. The van der Waals surface area contributed by atoms with E-state index in [-0.39, 0.29) is 36.2 Å². The third-order valence-corrected chi connectivity index (χ3v) is 7.09. The lowest BCUT2D eigenvalue weighted by Gasteiger charge is -2.27. The number of fused-ring (bicyclic) bond motifs is 4. The van der Waals surface area contributed by atoms with Crippen molar-refractivity contribution in [2.24, 2.45) is 17.8 Å². The molecule has 2 saturated heterocycles. The minimum absolute atomic E-state index is 0.0584. The molecule has 6 nitrogen and oxygen atoms in total. The van der Waals surface area contributed by atoms with Gasteiger partial charge in [0.1, 0.15) is 23.7 Å². The number of quaternary nitrogens is 1. The summed E-state index contributed by atoms with van der Waals surface area (Å²) in [6.45, 7) is 4.25. The fourth-order valence-electron chi connectivity index (χ4n) is 5.63. The third kappa shape index (κ3) is 2.76. The van der Waals surface area contributed by atoms with Crippen LogP contribution in [-0.2, 0) is 26.3 Å². The maximum Gasteiger partial charge on any atom is 0.291 e. The van der Waals surface area contributed by atoms with E-state index in [9.17, 15) is 18.8 Å². The van der Waals surface area contributed by atoms with Crippen LogP contribution in [0.1, 0.15) is 25.0 Å². The largest absolute Gasteiger partial charge is 0.326 e. The topological polar surface area (TPSA) is 83.1 Å². The molecule has 5 rings (SSSR count). The normalized spacial score (nSPS) is 29.1. The molecule has 3 aliphatic rings. The van der Waals surface area contributed by atoms with Gasteiger partial charge in [0.05, 0.1) is 5.69 Å². The summed E-state index contributed by atoms with van der Waals surface area (Å²) in [6, 6.07) is 13.6. The molecule has 3 heterocycles. The highest BCUT2D eigenvalue weighted by Crippen LogP contribution is 2.50. The quantitative estimate of drug-likeness (QED) is 0.731. The highest BCUT2D eigenvalue weighted by Gasteiger charge is 2.74. The Hall–Kier alpha value is -3.06. The van der Waals surface area contributed by atoms with E-state index >= 15 is 0 Å². The highest BCUT2D eigenvalue weighted by molar-refractivity contribution is 6.13. The molecule has 160 valence electrons. The van der Waals surface area contributed by atoms with Crippen LogP contribution >= 0.6 is 0 Å². The van der Waals surface area contributed by atoms with Crippen LogP contribution in [0, 0.1) is 23.6 Å². The summed E-state index contributed by atoms with van der Waals surface area (Å²) in [5.41, 5.74) is 0.689. The van der Waals surface area contributed by atoms with E-state index in [4.69, 9.17) is 0 Å². The number of nitrogens with zero attached hydrogens (tertiary/aromatic N) is 1. The van der Waals surface area contributed by atoms with E-state index in [1.165, 1.54) is 23.1 Å². The van der Waals surface area contributed by atoms with Gasteiger partial charge in [-0.1, -0.05) is 44.2 Å². The van der Waals surface area contributed by atoms with Crippen molar-refractivity contribution in [1.82, 2.24) is 4.90 Å². The Morgan fingerprint density at radius 2 is 1.84 bits per heavy atom. The monoisotopic (exact) mass is 422 g/mol. The number of carbonyl (C=O) groups is 3. The fourth-order valence-corrected chi connectivity index (χ4v) is 5.63. The number of carbonyl (C=O) groups excluding carboxylic acids is 3. The molecule has 2 aromatic rings. The molecule has 0 aromatic heterocycles. The smallest absolute Gasteiger partial charge is 0.291 e. The Bertz CT molecular complexity index is 1090. The zero-order valence-corrected chi connectivity index (χ0v) is 17.5. The van der Waals surface area contributed by atoms with Crippen molar-refractivity contribution in [2.75, 3.05) is 11.9 Å². The lowest BCUT2D eigenvalue weighted by Crippen LogP contribution is -2.99. The number of imide groups is 1. The molecule has 2 aromatic carbocycles. The summed E-state index contributed by atoms with van der Waals surface area (Å²) < 4.78 is 14.2. The standard InChI is InChI=1S/C24H24FN3O3/c1-13(2)20-18-19(22(30)28(21(18)29)11-10-14-6-4-3-5-7-14)24(27-20)16-12-15(25)8-9-17(16)26-23(24)31/h3-9,12-13,18-20,27H,10-11H2,1-2H3,(H,26,31)/p+1/t18-,19-,20-,24+/m0/s1. The zero-order chi connectivity index (χ0) is 21.9. The van der Waals surface area contributed by atoms with Crippen molar-refractivity contribution < 1.29 is 24.1 Å². The molecular weight excluding hydrogens is 397 g/mol. The molecule has 31 heavy (non-hydrogen) atoms. The van der Waals surface area contributed by atoms with Gasteiger partial charge in [0, 0.05) is 18.0 Å².